The van der Waals surface area contributed by atoms with Crippen LogP contribution in [0.5, 0.6) is 0 Å². The van der Waals surface area contributed by atoms with Gasteiger partial charge in [0.1, 0.15) is 0 Å². The molecule has 0 saturated carbocycles. The predicted octanol–water partition coefficient (Wildman–Crippen LogP) is 0.281. The van der Waals surface area contributed by atoms with Gasteiger partial charge in [0.15, 0.2) is 18.9 Å². The second-order valence-electron chi connectivity index (χ2n) is 1.07. The average Bonchev–Trinajstić information content (AvgIpc) is 1.69. The number of hydrogen-bond acceptors (Lipinski definition) is 1. The van der Waals surface area contributed by atoms with Gasteiger partial charge in [-0.05, 0) is 0 Å². The Hall–Kier alpha value is -1.12. The summed E-state index contributed by atoms with van der Waals surface area (Å²) >= 11 is 0. The summed E-state index contributed by atoms with van der Waals surface area (Å²) in [4.78, 5) is 7.07. The van der Waals surface area contributed by atoms with E-state index in [0.29, 0.717) is 0 Å². The summed E-state index contributed by atoms with van der Waals surface area (Å²) < 4.78 is 0. The van der Waals surface area contributed by atoms with Gasteiger partial charge in [-0.3, -0.25) is 5.41 Å². The largest absolute Gasteiger partial charge is 0.265 e. The van der Waals surface area contributed by atoms with Crippen LogP contribution >= 0.6 is 0 Å². The lowest BCUT2D eigenvalue weighted by Gasteiger charge is -1.82. The van der Waals surface area contributed by atoms with Crippen molar-refractivity contribution in [3.63, 3.8) is 0 Å². The zero-order chi connectivity index (χ0) is 5.11. The van der Waals surface area contributed by atoms with Gasteiger partial charge in [-0.2, -0.15) is 9.98 Å². The molecule has 1 aliphatic rings. The molecule has 0 radical (unpaired) electrons. The molecule has 0 bridgehead atoms. The van der Waals surface area contributed by atoms with Crippen LogP contribution in [0.3, 0.4) is 0 Å². The maximum absolute atomic E-state index is 6.77. The Kier molecular flexibility index (Phi) is 0.898. The summed E-state index contributed by atoms with van der Waals surface area (Å²) in [6, 6.07) is 0. The third-order valence-corrected chi connectivity index (χ3v) is 0.566. The molecule has 0 spiro atoms. The van der Waals surface area contributed by atoms with E-state index in [1.54, 1.807) is 6.42 Å². The highest BCUT2D eigenvalue weighted by molar-refractivity contribution is 6.06. The summed E-state index contributed by atoms with van der Waals surface area (Å²) in [5.41, 5.74) is 0. The van der Waals surface area contributed by atoms with E-state index >= 15 is 0 Å². The first-order valence-corrected chi connectivity index (χ1v) is 1.88. The molecule has 0 aromatic rings. The second kappa shape index (κ2) is 1.55. The Morgan fingerprint density at radius 1 is 1.43 bits per heavy atom. The van der Waals surface area contributed by atoms with E-state index in [1.807, 2.05) is 0 Å². The van der Waals surface area contributed by atoms with Crippen molar-refractivity contribution in [1.82, 2.24) is 0 Å². The Morgan fingerprint density at radius 3 is 2.29 bits per heavy atom. The van der Waals surface area contributed by atoms with Crippen LogP contribution in [0.2, 0.25) is 0 Å². The summed E-state index contributed by atoms with van der Waals surface area (Å²) in [6.45, 7) is 0. The van der Waals surface area contributed by atoms with Crippen LogP contribution < -0.4 is 0 Å². The van der Waals surface area contributed by atoms with Crippen LogP contribution in [0, 0.1) is 11.8 Å². The molecule has 0 fully saturated rings. The highest BCUT2D eigenvalue weighted by Crippen LogP contribution is 1.82. The molecule has 0 aromatic carbocycles. The molecule has 0 unspecified atom stereocenters. The first-order valence-electron chi connectivity index (χ1n) is 1.88. The Morgan fingerprint density at radius 2 is 2.00 bits per heavy atom. The highest BCUT2D eigenvalue weighted by Gasteiger charge is 1.96. The fourth-order valence-electron chi connectivity index (χ4n) is 0.299. The number of rotatable bonds is 0. The van der Waals surface area contributed by atoms with Gasteiger partial charge in [0, 0.05) is 0 Å². The summed E-state index contributed by atoms with van der Waals surface area (Å²) in [5, 5.41) is 6.77. The van der Waals surface area contributed by atoms with Gasteiger partial charge in [0.05, 0.1) is 0 Å². The fourth-order valence-corrected chi connectivity index (χ4v) is 0.299. The second-order valence-corrected chi connectivity index (χ2v) is 1.07. The maximum Gasteiger partial charge on any atom is 0.248 e. The van der Waals surface area contributed by atoms with E-state index < -0.39 is 0 Å². The molecule has 0 amide bonds. The predicted molar refractivity (Wildman–Crippen MR) is 29.0 cm³/mol. The van der Waals surface area contributed by atoms with E-state index in [-0.39, 0.29) is 5.96 Å². The first-order chi connectivity index (χ1) is 3.39. The van der Waals surface area contributed by atoms with Crippen LogP contribution in [0.4, 0.5) is 0 Å². The lowest BCUT2D eigenvalue weighted by Crippen LogP contribution is -1.95. The molecule has 3 heteroatoms. The number of nitrogens with zero attached hydrogens (tertiary/aromatic N) is 2. The van der Waals surface area contributed by atoms with Crippen molar-refractivity contribution in [3.05, 3.63) is 6.42 Å². The van der Waals surface area contributed by atoms with Crippen molar-refractivity contribution >= 4 is 18.4 Å². The molecule has 34 valence electrons. The van der Waals surface area contributed by atoms with Gasteiger partial charge in [0.2, 0.25) is 5.96 Å². The summed E-state index contributed by atoms with van der Waals surface area (Å²) in [5.74, 6) is 0.0718. The number of guanidine groups is 1. The molecule has 0 atom stereocenters. The standard InChI is InChI=1S/C4H4N3/c5-4-6-2-1-3-7-4/h1-3,5H/q+1. The monoisotopic (exact) mass is 94.0 g/mol. The van der Waals surface area contributed by atoms with E-state index in [1.165, 1.54) is 12.4 Å². The Balaban J connectivity index is 2.66. The molecule has 0 saturated heterocycles. The maximum atomic E-state index is 6.77. The van der Waals surface area contributed by atoms with Crippen LogP contribution in [-0.4, -0.2) is 18.4 Å². The van der Waals surface area contributed by atoms with E-state index in [2.05, 4.69) is 9.98 Å². The van der Waals surface area contributed by atoms with Crippen LogP contribution in [0.15, 0.2) is 9.98 Å². The number of aliphatic imine (C=N–C) groups is 2. The number of hydrogen-bond donors (Lipinski definition) is 1. The van der Waals surface area contributed by atoms with Crippen LogP contribution in [0.25, 0.3) is 0 Å². The Labute approximate surface area is 41.3 Å². The highest BCUT2D eigenvalue weighted by atomic mass is 15.0. The quantitative estimate of drug-likeness (QED) is 0.419. The van der Waals surface area contributed by atoms with E-state index in [9.17, 15) is 0 Å². The van der Waals surface area contributed by atoms with Crippen molar-refractivity contribution in [2.75, 3.05) is 0 Å². The molecular formula is C4H4N3+. The molecule has 3 nitrogen and oxygen atoms in total. The van der Waals surface area contributed by atoms with Crippen molar-refractivity contribution in [2.45, 2.75) is 0 Å². The lowest BCUT2D eigenvalue weighted by molar-refractivity contribution is 1.38. The van der Waals surface area contributed by atoms with Gasteiger partial charge < -0.3 is 0 Å². The summed E-state index contributed by atoms with van der Waals surface area (Å²) in [7, 11) is 0. The smallest absolute Gasteiger partial charge is 0.248 e. The van der Waals surface area contributed by atoms with Gasteiger partial charge in [-0.15, -0.1) is 0 Å². The van der Waals surface area contributed by atoms with Crippen LogP contribution in [0.1, 0.15) is 0 Å². The van der Waals surface area contributed by atoms with Crippen molar-refractivity contribution in [3.8, 4) is 0 Å². The number of nitrogens with one attached hydrogen (secondary N) is 1. The molecule has 1 N–H and O–H groups in total. The van der Waals surface area contributed by atoms with E-state index in [0.717, 1.165) is 0 Å². The SMILES string of the molecule is N=C1N=C[CH+]C=N1. The van der Waals surface area contributed by atoms with Crippen molar-refractivity contribution < 1.29 is 0 Å². The fraction of sp³-hybridized carbons (Fsp3) is 0. The van der Waals surface area contributed by atoms with Crippen molar-refractivity contribution in [1.29, 1.82) is 5.41 Å². The zero-order valence-electron chi connectivity index (χ0n) is 3.63. The summed E-state index contributed by atoms with van der Waals surface area (Å²) in [6.07, 6.45) is 4.75. The third-order valence-electron chi connectivity index (χ3n) is 0.566. The normalized spacial score (nSPS) is 16.9. The minimum absolute atomic E-state index is 0.0718. The topological polar surface area (TPSA) is 48.6 Å². The molecule has 1 heterocycles. The lowest BCUT2D eigenvalue weighted by atomic mass is 10.5. The average molecular weight is 94.1 g/mol. The molecule has 1 rings (SSSR count). The van der Waals surface area contributed by atoms with Gasteiger partial charge in [-0.25, -0.2) is 0 Å². The van der Waals surface area contributed by atoms with Gasteiger partial charge in [-0.1, -0.05) is 0 Å². The zero-order valence-corrected chi connectivity index (χ0v) is 3.63. The van der Waals surface area contributed by atoms with Gasteiger partial charge in [0.25, 0.3) is 0 Å². The third kappa shape index (κ3) is 0.855. The van der Waals surface area contributed by atoms with Crippen molar-refractivity contribution in [2.24, 2.45) is 9.98 Å². The molecule has 1 aliphatic heterocycles. The Bertz CT molecular complexity index is 120. The van der Waals surface area contributed by atoms with E-state index in [4.69, 9.17) is 5.41 Å². The molecule has 0 aliphatic carbocycles. The molecule has 0 aromatic heterocycles. The van der Waals surface area contributed by atoms with Gasteiger partial charge >= 0.3 is 0 Å². The molecule has 7 heavy (non-hydrogen) atoms. The first kappa shape index (κ1) is 4.05. The molecular weight excluding hydrogens is 90.1 g/mol. The van der Waals surface area contributed by atoms with Crippen LogP contribution in [-0.2, 0) is 0 Å². The minimum Gasteiger partial charge on any atom is -0.265 e. The minimum atomic E-state index is 0.0718.